The molecule has 2 aromatic heterocycles. The monoisotopic (exact) mass is 717 g/mol. The normalized spacial score (nSPS) is 11.3. The zero-order chi connectivity index (χ0) is 36.3. The van der Waals surface area contributed by atoms with Gasteiger partial charge in [-0.3, -0.25) is 14.7 Å². The van der Waals surface area contributed by atoms with Crippen molar-refractivity contribution in [2.45, 2.75) is 53.2 Å². The Hall–Kier alpha value is -5.26. The van der Waals surface area contributed by atoms with E-state index in [1.165, 1.54) is 22.4 Å². The molecule has 0 atom stereocenters. The molecule has 0 aliphatic heterocycles. The molecule has 13 heteroatoms. The minimum absolute atomic E-state index is 0.0702. The van der Waals surface area contributed by atoms with Crippen molar-refractivity contribution in [2.24, 2.45) is 0 Å². The molecule has 0 fully saturated rings. The fourth-order valence-corrected chi connectivity index (χ4v) is 5.52. The van der Waals surface area contributed by atoms with Crippen molar-refractivity contribution >= 4 is 41.0 Å². The quantitative estimate of drug-likeness (QED) is 0.133. The summed E-state index contributed by atoms with van der Waals surface area (Å²) in [6.45, 7) is 9.83. The smallest absolute Gasteiger partial charge is 0.337 e. The molecule has 0 radical (unpaired) electrons. The van der Waals surface area contributed by atoms with Gasteiger partial charge in [-0.2, -0.15) is 5.10 Å². The average Bonchev–Trinajstić information content (AvgIpc) is 3.51. The first-order chi connectivity index (χ1) is 23.7. The van der Waals surface area contributed by atoms with Crippen LogP contribution < -0.4 is 20.9 Å². The molecular formula is C37H37Cl2N5O6. The van der Waals surface area contributed by atoms with Crippen LogP contribution in [0.1, 0.15) is 59.2 Å². The molecular weight excluding hydrogens is 681 g/mol. The number of hydrogen-bond donors (Lipinski definition) is 3. The van der Waals surface area contributed by atoms with Crippen molar-refractivity contribution in [1.82, 2.24) is 19.7 Å². The van der Waals surface area contributed by atoms with Crippen LogP contribution in [0.3, 0.4) is 0 Å². The van der Waals surface area contributed by atoms with E-state index in [0.717, 1.165) is 22.4 Å². The van der Waals surface area contributed by atoms with Gasteiger partial charge in [0, 0.05) is 35.9 Å². The number of halogens is 2. The fraction of sp³-hybridized carbons (Fsp3) is 0.243. The maximum absolute atomic E-state index is 13.5. The first-order valence-electron chi connectivity index (χ1n) is 15.6. The standard InChI is InChI=1S/C37H37Cl2N5O6/c1-21-11-12-23(35(47)49-6)16-28(21)43-22(2)15-30(33(39)34(43)46)50-20-25-10-8-7-9-24(25)19-40-36(48)41-32-18-31(37(3,4)5)42-44(32)26-13-14-27(38)29(45)17-26/h7-18,45H,19-20H2,1-6H3,(H2,40,41,48). The number of carbonyl (C=O) groups is 2. The maximum atomic E-state index is 13.5. The van der Waals surface area contributed by atoms with E-state index in [0.29, 0.717) is 28.5 Å². The number of aromatic hydroxyl groups is 1. The van der Waals surface area contributed by atoms with E-state index in [9.17, 15) is 19.5 Å². The number of anilines is 1. The Morgan fingerprint density at radius 1 is 0.960 bits per heavy atom. The molecule has 0 aliphatic rings. The van der Waals surface area contributed by atoms with Crippen molar-refractivity contribution < 1.29 is 24.2 Å². The molecule has 0 aliphatic carbocycles. The molecule has 11 nitrogen and oxygen atoms in total. The molecule has 260 valence electrons. The third kappa shape index (κ3) is 7.79. The van der Waals surface area contributed by atoms with Crippen LogP contribution >= 0.6 is 23.2 Å². The van der Waals surface area contributed by atoms with Gasteiger partial charge in [0.2, 0.25) is 0 Å². The van der Waals surface area contributed by atoms with E-state index in [-0.39, 0.29) is 40.1 Å². The summed E-state index contributed by atoms with van der Waals surface area (Å²) in [5.74, 6) is -0.0278. The molecule has 5 aromatic rings. The highest BCUT2D eigenvalue weighted by Gasteiger charge is 2.22. The number of phenolic OH excluding ortho intramolecular Hbond substituents is 1. The summed E-state index contributed by atoms with van der Waals surface area (Å²) in [5.41, 5.74) is 4.11. The van der Waals surface area contributed by atoms with Crippen molar-refractivity contribution in [3.8, 4) is 22.9 Å². The molecule has 5 rings (SSSR count). The summed E-state index contributed by atoms with van der Waals surface area (Å²) in [6.07, 6.45) is 0. The van der Waals surface area contributed by atoms with Crippen LogP contribution in [-0.2, 0) is 23.3 Å². The lowest BCUT2D eigenvalue weighted by Crippen LogP contribution is -2.29. The van der Waals surface area contributed by atoms with Gasteiger partial charge in [0.05, 0.1) is 34.8 Å². The molecule has 2 heterocycles. The van der Waals surface area contributed by atoms with Gasteiger partial charge in [0.25, 0.3) is 5.56 Å². The van der Waals surface area contributed by atoms with Gasteiger partial charge in [-0.05, 0) is 54.8 Å². The minimum Gasteiger partial charge on any atom is -0.506 e. The third-order valence-corrected chi connectivity index (χ3v) is 8.67. The number of nitrogens with one attached hydrogen (secondary N) is 2. The molecule has 0 bridgehead atoms. The first kappa shape index (κ1) is 36.0. The van der Waals surface area contributed by atoms with Crippen LogP contribution in [0.4, 0.5) is 10.6 Å². The Bertz CT molecular complexity index is 2150. The molecule has 3 aromatic carbocycles. The predicted molar refractivity (Wildman–Crippen MR) is 193 cm³/mol. The van der Waals surface area contributed by atoms with Gasteiger partial charge in [-0.1, -0.05) is 74.3 Å². The lowest BCUT2D eigenvalue weighted by Gasteiger charge is -2.17. The zero-order valence-electron chi connectivity index (χ0n) is 28.4. The van der Waals surface area contributed by atoms with Crippen molar-refractivity contribution in [1.29, 1.82) is 0 Å². The minimum atomic E-state index is -0.519. The summed E-state index contributed by atoms with van der Waals surface area (Å²) in [6, 6.07) is 20.1. The lowest BCUT2D eigenvalue weighted by atomic mass is 9.92. The number of phenols is 1. The summed E-state index contributed by atoms with van der Waals surface area (Å²) in [7, 11) is 1.29. The molecule has 0 spiro atoms. The van der Waals surface area contributed by atoms with E-state index < -0.39 is 17.6 Å². The number of hydrogen-bond acceptors (Lipinski definition) is 7. The number of carbonyl (C=O) groups excluding carboxylic acids is 2. The number of ether oxygens (including phenoxy) is 2. The second-order valence-corrected chi connectivity index (χ2v) is 13.5. The largest absolute Gasteiger partial charge is 0.506 e. The molecule has 50 heavy (non-hydrogen) atoms. The second kappa shape index (κ2) is 14.7. The van der Waals surface area contributed by atoms with Crippen molar-refractivity contribution in [3.05, 3.63) is 127 Å². The Labute approximate surface area is 299 Å². The molecule has 0 unspecified atom stereocenters. The molecule has 0 saturated carbocycles. The number of benzene rings is 3. The van der Waals surface area contributed by atoms with Crippen LogP contribution in [0, 0.1) is 13.8 Å². The van der Waals surface area contributed by atoms with Gasteiger partial charge in [-0.15, -0.1) is 0 Å². The highest BCUT2D eigenvalue weighted by molar-refractivity contribution is 6.32. The number of pyridine rings is 1. The molecule has 2 amide bonds. The highest BCUT2D eigenvalue weighted by atomic mass is 35.5. The Morgan fingerprint density at radius 3 is 2.36 bits per heavy atom. The molecule has 0 saturated heterocycles. The van der Waals surface area contributed by atoms with Crippen LogP contribution in [-0.4, -0.2) is 38.6 Å². The van der Waals surface area contributed by atoms with E-state index in [4.69, 9.17) is 32.7 Å². The van der Waals surface area contributed by atoms with E-state index in [1.54, 1.807) is 49.4 Å². The van der Waals surface area contributed by atoms with Crippen molar-refractivity contribution in [3.63, 3.8) is 0 Å². The summed E-state index contributed by atoms with van der Waals surface area (Å²) in [4.78, 5) is 38.8. The lowest BCUT2D eigenvalue weighted by molar-refractivity contribution is 0.0600. The van der Waals surface area contributed by atoms with Gasteiger partial charge >= 0.3 is 12.0 Å². The second-order valence-electron chi connectivity index (χ2n) is 12.7. The number of aryl methyl sites for hydroxylation is 2. The van der Waals surface area contributed by atoms with Gasteiger partial charge in [0.1, 0.15) is 28.9 Å². The SMILES string of the molecule is COC(=O)c1ccc(C)c(-n2c(C)cc(OCc3ccccc3CNC(=O)Nc3cc(C(C)(C)C)nn3-c3ccc(Cl)c(O)c3)c(Cl)c2=O)c1. The van der Waals surface area contributed by atoms with E-state index in [2.05, 4.69) is 15.7 Å². The number of urea groups is 1. The van der Waals surface area contributed by atoms with Gasteiger partial charge in [-0.25, -0.2) is 14.3 Å². The van der Waals surface area contributed by atoms with E-state index >= 15 is 0 Å². The van der Waals surface area contributed by atoms with Gasteiger partial charge in [0.15, 0.2) is 0 Å². The Balaban J connectivity index is 1.31. The zero-order valence-corrected chi connectivity index (χ0v) is 29.9. The number of esters is 1. The number of aromatic nitrogens is 3. The summed E-state index contributed by atoms with van der Waals surface area (Å²) < 4.78 is 13.9. The van der Waals surface area contributed by atoms with Crippen LogP contribution in [0.2, 0.25) is 10.0 Å². The third-order valence-electron chi connectivity index (χ3n) is 8.01. The van der Waals surface area contributed by atoms with Crippen molar-refractivity contribution in [2.75, 3.05) is 12.4 Å². The van der Waals surface area contributed by atoms with Crippen LogP contribution in [0.15, 0.2) is 77.6 Å². The van der Waals surface area contributed by atoms with Gasteiger partial charge < -0.3 is 19.9 Å². The number of methoxy groups -OCH3 is 1. The first-order valence-corrected chi connectivity index (χ1v) is 16.4. The number of rotatable bonds is 9. The fourth-order valence-electron chi connectivity index (χ4n) is 5.21. The maximum Gasteiger partial charge on any atom is 0.337 e. The molecule has 3 N–H and O–H groups in total. The van der Waals surface area contributed by atoms with Crippen LogP contribution in [0.25, 0.3) is 11.4 Å². The Kier molecular flexibility index (Phi) is 10.6. The van der Waals surface area contributed by atoms with E-state index in [1.807, 2.05) is 52.0 Å². The number of nitrogens with zero attached hydrogens (tertiary/aromatic N) is 3. The predicted octanol–water partition coefficient (Wildman–Crippen LogP) is 7.64. The summed E-state index contributed by atoms with van der Waals surface area (Å²) >= 11 is 12.6. The average molecular weight is 719 g/mol. The summed E-state index contributed by atoms with van der Waals surface area (Å²) in [5, 5.41) is 20.7. The van der Waals surface area contributed by atoms with Crippen LogP contribution in [0.5, 0.6) is 11.5 Å². The highest BCUT2D eigenvalue weighted by Crippen LogP contribution is 2.31. The topological polar surface area (TPSA) is 137 Å². The number of amides is 2. The Morgan fingerprint density at radius 2 is 1.68 bits per heavy atom.